The standard InChI is InChI=1S/C15H15N3/c1-10-4-6-13(9-16)15(8-10)18-14-7-5-11(2)17-12(14)3/h4-8,18H,1-3H3. The summed E-state index contributed by atoms with van der Waals surface area (Å²) in [6.07, 6.45) is 0. The number of aryl methyl sites for hydroxylation is 3. The highest BCUT2D eigenvalue weighted by Gasteiger charge is 2.05. The van der Waals surface area contributed by atoms with Gasteiger partial charge in [-0.2, -0.15) is 5.26 Å². The Morgan fingerprint density at radius 2 is 1.83 bits per heavy atom. The molecule has 2 rings (SSSR count). The van der Waals surface area contributed by atoms with Crippen LogP contribution in [0.4, 0.5) is 11.4 Å². The van der Waals surface area contributed by atoms with Gasteiger partial charge in [-0.25, -0.2) is 0 Å². The number of nitriles is 1. The molecular formula is C15H15N3. The number of anilines is 2. The zero-order chi connectivity index (χ0) is 13.1. The fourth-order valence-electron chi connectivity index (χ4n) is 1.82. The average Bonchev–Trinajstić information content (AvgIpc) is 2.33. The van der Waals surface area contributed by atoms with Crippen LogP contribution in [0.3, 0.4) is 0 Å². The molecule has 1 heterocycles. The van der Waals surface area contributed by atoms with Gasteiger partial charge in [0.2, 0.25) is 0 Å². The van der Waals surface area contributed by atoms with Crippen molar-refractivity contribution < 1.29 is 0 Å². The van der Waals surface area contributed by atoms with Gasteiger partial charge in [0.05, 0.1) is 22.6 Å². The van der Waals surface area contributed by atoms with Gasteiger partial charge in [0.1, 0.15) is 6.07 Å². The summed E-state index contributed by atoms with van der Waals surface area (Å²) >= 11 is 0. The highest BCUT2D eigenvalue weighted by molar-refractivity contribution is 5.68. The Morgan fingerprint density at radius 1 is 1.06 bits per heavy atom. The minimum absolute atomic E-state index is 0.639. The predicted molar refractivity (Wildman–Crippen MR) is 72.9 cm³/mol. The van der Waals surface area contributed by atoms with E-state index in [9.17, 15) is 0 Å². The maximum atomic E-state index is 9.10. The van der Waals surface area contributed by atoms with Crippen molar-refractivity contribution in [2.75, 3.05) is 5.32 Å². The lowest BCUT2D eigenvalue weighted by atomic mass is 10.1. The molecule has 3 nitrogen and oxygen atoms in total. The topological polar surface area (TPSA) is 48.7 Å². The third kappa shape index (κ3) is 2.49. The molecule has 0 aliphatic heterocycles. The molecule has 1 aromatic carbocycles. The van der Waals surface area contributed by atoms with Crippen LogP contribution in [0, 0.1) is 32.1 Å². The fraction of sp³-hybridized carbons (Fsp3) is 0.200. The molecule has 0 unspecified atom stereocenters. The molecule has 90 valence electrons. The fourth-order valence-corrected chi connectivity index (χ4v) is 1.82. The van der Waals surface area contributed by atoms with Gasteiger partial charge in [-0.1, -0.05) is 6.07 Å². The number of hydrogen-bond acceptors (Lipinski definition) is 3. The van der Waals surface area contributed by atoms with Gasteiger partial charge in [0, 0.05) is 5.69 Å². The number of rotatable bonds is 2. The third-order valence-corrected chi connectivity index (χ3v) is 2.79. The van der Waals surface area contributed by atoms with Crippen molar-refractivity contribution >= 4 is 11.4 Å². The van der Waals surface area contributed by atoms with Crippen molar-refractivity contribution in [1.29, 1.82) is 5.26 Å². The first-order chi connectivity index (χ1) is 8.60. The van der Waals surface area contributed by atoms with Gasteiger partial charge in [0.25, 0.3) is 0 Å². The Labute approximate surface area is 107 Å². The Kier molecular flexibility index (Phi) is 3.29. The van der Waals surface area contributed by atoms with Crippen LogP contribution in [0.25, 0.3) is 0 Å². The lowest BCUT2D eigenvalue weighted by Gasteiger charge is -2.11. The molecule has 0 bridgehead atoms. The number of nitrogens with one attached hydrogen (secondary N) is 1. The van der Waals surface area contributed by atoms with E-state index in [1.165, 1.54) is 0 Å². The first-order valence-corrected chi connectivity index (χ1v) is 5.82. The normalized spacial score (nSPS) is 9.89. The van der Waals surface area contributed by atoms with Crippen LogP contribution in [-0.4, -0.2) is 4.98 Å². The Bertz CT molecular complexity index is 624. The van der Waals surface area contributed by atoms with Gasteiger partial charge in [-0.15, -0.1) is 0 Å². The molecule has 0 spiro atoms. The van der Waals surface area contributed by atoms with Gasteiger partial charge in [-0.3, -0.25) is 4.98 Å². The van der Waals surface area contributed by atoms with E-state index in [2.05, 4.69) is 16.4 Å². The van der Waals surface area contributed by atoms with E-state index in [0.29, 0.717) is 5.56 Å². The minimum Gasteiger partial charge on any atom is -0.353 e. The van der Waals surface area contributed by atoms with Crippen LogP contribution in [0.5, 0.6) is 0 Å². The van der Waals surface area contributed by atoms with Gasteiger partial charge in [-0.05, 0) is 50.6 Å². The van der Waals surface area contributed by atoms with Crippen LogP contribution in [-0.2, 0) is 0 Å². The van der Waals surface area contributed by atoms with Crippen LogP contribution in [0.1, 0.15) is 22.5 Å². The molecule has 0 amide bonds. The number of aromatic nitrogens is 1. The number of pyridine rings is 1. The molecule has 0 atom stereocenters. The number of nitrogens with zero attached hydrogens (tertiary/aromatic N) is 2. The third-order valence-electron chi connectivity index (χ3n) is 2.79. The van der Waals surface area contributed by atoms with Gasteiger partial charge < -0.3 is 5.32 Å². The van der Waals surface area contributed by atoms with Crippen LogP contribution >= 0.6 is 0 Å². The van der Waals surface area contributed by atoms with Gasteiger partial charge in [0.15, 0.2) is 0 Å². The lowest BCUT2D eigenvalue weighted by Crippen LogP contribution is -1.98. The lowest BCUT2D eigenvalue weighted by molar-refractivity contribution is 1.12. The summed E-state index contributed by atoms with van der Waals surface area (Å²) in [5.41, 5.74) is 5.44. The molecule has 18 heavy (non-hydrogen) atoms. The van der Waals surface area contributed by atoms with E-state index in [-0.39, 0.29) is 0 Å². The van der Waals surface area contributed by atoms with E-state index < -0.39 is 0 Å². The molecule has 3 heteroatoms. The van der Waals surface area contributed by atoms with Crippen molar-refractivity contribution in [1.82, 2.24) is 4.98 Å². The Balaban J connectivity index is 2.40. The number of benzene rings is 1. The van der Waals surface area contributed by atoms with E-state index >= 15 is 0 Å². The molecule has 0 saturated heterocycles. The summed E-state index contributed by atoms with van der Waals surface area (Å²) in [7, 11) is 0. The largest absolute Gasteiger partial charge is 0.353 e. The summed E-state index contributed by atoms with van der Waals surface area (Å²) in [6.45, 7) is 5.92. The highest BCUT2D eigenvalue weighted by atomic mass is 14.9. The van der Waals surface area contributed by atoms with E-state index in [4.69, 9.17) is 5.26 Å². The molecular weight excluding hydrogens is 222 g/mol. The van der Waals surface area contributed by atoms with Crippen LogP contribution < -0.4 is 5.32 Å². The second-order valence-electron chi connectivity index (χ2n) is 4.37. The Hall–Kier alpha value is -2.34. The smallest absolute Gasteiger partial charge is 0.101 e. The predicted octanol–water partition coefficient (Wildman–Crippen LogP) is 3.62. The molecule has 0 saturated carbocycles. The maximum absolute atomic E-state index is 9.10. The minimum atomic E-state index is 0.639. The second-order valence-corrected chi connectivity index (χ2v) is 4.37. The second kappa shape index (κ2) is 4.89. The monoisotopic (exact) mass is 237 g/mol. The van der Waals surface area contributed by atoms with Gasteiger partial charge >= 0.3 is 0 Å². The number of hydrogen-bond donors (Lipinski definition) is 1. The SMILES string of the molecule is Cc1ccc(C#N)c(Nc2ccc(C)nc2C)c1. The molecule has 0 fully saturated rings. The summed E-state index contributed by atoms with van der Waals surface area (Å²) in [4.78, 5) is 4.40. The van der Waals surface area contributed by atoms with Crippen LogP contribution in [0.15, 0.2) is 30.3 Å². The zero-order valence-corrected chi connectivity index (χ0v) is 10.8. The molecule has 0 aliphatic carbocycles. The maximum Gasteiger partial charge on any atom is 0.101 e. The average molecular weight is 237 g/mol. The molecule has 0 aliphatic rings. The molecule has 2 aromatic rings. The molecule has 1 aromatic heterocycles. The van der Waals surface area contributed by atoms with Crippen LogP contribution in [0.2, 0.25) is 0 Å². The summed E-state index contributed by atoms with van der Waals surface area (Å²) in [6, 6.07) is 11.9. The Morgan fingerprint density at radius 3 is 2.50 bits per heavy atom. The summed E-state index contributed by atoms with van der Waals surface area (Å²) in [5.74, 6) is 0. The highest BCUT2D eigenvalue weighted by Crippen LogP contribution is 2.23. The summed E-state index contributed by atoms with van der Waals surface area (Å²) < 4.78 is 0. The van der Waals surface area contributed by atoms with E-state index in [1.807, 2.05) is 51.1 Å². The first kappa shape index (κ1) is 12.1. The van der Waals surface area contributed by atoms with Crippen molar-refractivity contribution in [3.05, 3.63) is 52.8 Å². The summed E-state index contributed by atoms with van der Waals surface area (Å²) in [5, 5.41) is 12.4. The van der Waals surface area contributed by atoms with E-state index in [0.717, 1.165) is 28.3 Å². The first-order valence-electron chi connectivity index (χ1n) is 5.82. The van der Waals surface area contributed by atoms with Crippen molar-refractivity contribution in [2.24, 2.45) is 0 Å². The quantitative estimate of drug-likeness (QED) is 0.867. The van der Waals surface area contributed by atoms with Crippen molar-refractivity contribution in [3.63, 3.8) is 0 Å². The van der Waals surface area contributed by atoms with E-state index in [1.54, 1.807) is 0 Å². The molecule has 0 radical (unpaired) electrons. The van der Waals surface area contributed by atoms with Crippen molar-refractivity contribution in [3.8, 4) is 6.07 Å². The van der Waals surface area contributed by atoms with Crippen molar-refractivity contribution in [2.45, 2.75) is 20.8 Å². The zero-order valence-electron chi connectivity index (χ0n) is 10.8. The molecule has 1 N–H and O–H groups in total.